The van der Waals surface area contributed by atoms with Crippen LogP contribution in [0.4, 0.5) is 0 Å². The molecule has 5 N–H and O–H groups in total. The van der Waals surface area contributed by atoms with Crippen molar-refractivity contribution in [1.82, 2.24) is 16.0 Å². The first-order chi connectivity index (χ1) is 8.01. The first-order valence-corrected chi connectivity index (χ1v) is 5.27. The molecule has 0 aromatic carbocycles. The van der Waals surface area contributed by atoms with Gasteiger partial charge in [0.1, 0.15) is 6.04 Å². The SMILES string of the molecule is NC(=O)C(CS)NC(=O)CNC(=O)CNC=O. The highest BCUT2D eigenvalue weighted by molar-refractivity contribution is 7.80. The van der Waals surface area contributed by atoms with Crippen LogP contribution in [0.5, 0.6) is 0 Å². The Kier molecular flexibility index (Phi) is 7.52. The van der Waals surface area contributed by atoms with Gasteiger partial charge in [-0.15, -0.1) is 0 Å². The molecular formula is C8H14N4O4S. The predicted molar refractivity (Wildman–Crippen MR) is 62.1 cm³/mol. The quantitative estimate of drug-likeness (QED) is 0.232. The summed E-state index contributed by atoms with van der Waals surface area (Å²) in [6, 6.07) is -0.879. The summed E-state index contributed by atoms with van der Waals surface area (Å²) in [5.74, 6) is -1.72. The van der Waals surface area contributed by atoms with E-state index in [9.17, 15) is 19.2 Å². The fourth-order valence-electron chi connectivity index (χ4n) is 0.828. The Morgan fingerprint density at radius 3 is 2.35 bits per heavy atom. The summed E-state index contributed by atoms with van der Waals surface area (Å²) in [5.41, 5.74) is 4.98. The Balaban J connectivity index is 3.90. The molecule has 0 aliphatic carbocycles. The average Bonchev–Trinajstić information content (AvgIpc) is 2.30. The number of nitrogens with one attached hydrogen (secondary N) is 3. The molecule has 1 atom stereocenters. The highest BCUT2D eigenvalue weighted by Gasteiger charge is 2.16. The highest BCUT2D eigenvalue weighted by Crippen LogP contribution is 1.86. The summed E-state index contributed by atoms with van der Waals surface area (Å²) >= 11 is 3.83. The maximum atomic E-state index is 11.2. The molecule has 1 unspecified atom stereocenters. The van der Waals surface area contributed by atoms with E-state index >= 15 is 0 Å². The topological polar surface area (TPSA) is 130 Å². The van der Waals surface area contributed by atoms with Gasteiger partial charge in [0.2, 0.25) is 24.1 Å². The van der Waals surface area contributed by atoms with E-state index in [1.54, 1.807) is 0 Å². The normalized spacial score (nSPS) is 11.1. The molecule has 0 saturated carbocycles. The van der Waals surface area contributed by atoms with Crippen LogP contribution in [0.2, 0.25) is 0 Å². The van der Waals surface area contributed by atoms with Crippen LogP contribution in [-0.4, -0.2) is 49.0 Å². The van der Waals surface area contributed by atoms with Crippen molar-refractivity contribution >= 4 is 36.8 Å². The lowest BCUT2D eigenvalue weighted by molar-refractivity contribution is -0.128. The molecule has 9 heteroatoms. The number of carbonyl (C=O) groups excluding carboxylic acids is 4. The number of amides is 4. The predicted octanol–water partition coefficient (Wildman–Crippen LogP) is -3.25. The van der Waals surface area contributed by atoms with Crippen molar-refractivity contribution in [3.8, 4) is 0 Å². The standard InChI is InChI=1S/C8H14N4O4S/c9-8(16)5(3-17)12-7(15)2-11-6(14)1-10-4-13/h4-5,17H,1-3H2,(H2,9,16)(H,10,13)(H,11,14)(H,12,15). The summed E-state index contributed by atoms with van der Waals surface area (Å²) < 4.78 is 0. The number of hydrogen-bond donors (Lipinski definition) is 5. The molecule has 0 aliphatic heterocycles. The average molecular weight is 262 g/mol. The smallest absolute Gasteiger partial charge is 0.240 e. The molecular weight excluding hydrogens is 248 g/mol. The molecule has 0 bridgehead atoms. The third kappa shape index (κ3) is 7.17. The minimum Gasteiger partial charge on any atom is -0.368 e. The number of nitrogens with two attached hydrogens (primary N) is 1. The van der Waals surface area contributed by atoms with Crippen molar-refractivity contribution in [2.45, 2.75) is 6.04 Å². The third-order valence-electron chi connectivity index (χ3n) is 1.65. The summed E-state index contributed by atoms with van der Waals surface area (Å²) in [4.78, 5) is 42.9. The molecule has 0 aromatic rings. The van der Waals surface area contributed by atoms with Gasteiger partial charge in [0.15, 0.2) is 0 Å². The van der Waals surface area contributed by atoms with Gasteiger partial charge in [0.05, 0.1) is 13.1 Å². The van der Waals surface area contributed by atoms with Crippen LogP contribution in [0.25, 0.3) is 0 Å². The zero-order valence-corrected chi connectivity index (χ0v) is 9.83. The lowest BCUT2D eigenvalue weighted by atomic mass is 10.3. The second-order valence-corrected chi connectivity index (χ2v) is 3.35. The molecule has 0 saturated heterocycles. The van der Waals surface area contributed by atoms with Crippen molar-refractivity contribution in [3.05, 3.63) is 0 Å². The summed E-state index contributed by atoms with van der Waals surface area (Å²) in [6.07, 6.45) is 0.365. The first kappa shape index (κ1) is 15.2. The molecule has 96 valence electrons. The van der Waals surface area contributed by atoms with Crippen molar-refractivity contribution in [1.29, 1.82) is 0 Å². The number of primary amides is 1. The van der Waals surface area contributed by atoms with E-state index in [1.807, 2.05) is 0 Å². The maximum absolute atomic E-state index is 11.2. The van der Waals surface area contributed by atoms with Crippen molar-refractivity contribution in [3.63, 3.8) is 0 Å². The van der Waals surface area contributed by atoms with Gasteiger partial charge in [-0.1, -0.05) is 0 Å². The van der Waals surface area contributed by atoms with E-state index in [-0.39, 0.29) is 18.8 Å². The van der Waals surface area contributed by atoms with Crippen LogP contribution in [0.1, 0.15) is 0 Å². The van der Waals surface area contributed by atoms with Gasteiger partial charge in [-0.25, -0.2) is 0 Å². The third-order valence-corrected chi connectivity index (χ3v) is 2.02. The van der Waals surface area contributed by atoms with Crippen LogP contribution in [0.3, 0.4) is 0 Å². The second-order valence-electron chi connectivity index (χ2n) is 2.98. The minimum absolute atomic E-state index is 0.0711. The molecule has 0 fully saturated rings. The van der Waals surface area contributed by atoms with E-state index in [2.05, 4.69) is 28.6 Å². The zero-order valence-electron chi connectivity index (χ0n) is 8.93. The number of hydrogen-bond acceptors (Lipinski definition) is 5. The Bertz CT molecular complexity index is 310. The van der Waals surface area contributed by atoms with Crippen LogP contribution >= 0.6 is 12.6 Å². The fourth-order valence-corrected chi connectivity index (χ4v) is 1.10. The van der Waals surface area contributed by atoms with Gasteiger partial charge in [0.25, 0.3) is 0 Å². The molecule has 0 rings (SSSR count). The Hall–Kier alpha value is -1.77. The minimum atomic E-state index is -0.879. The molecule has 0 spiro atoms. The largest absolute Gasteiger partial charge is 0.368 e. The van der Waals surface area contributed by atoms with Gasteiger partial charge in [-0.05, 0) is 0 Å². The van der Waals surface area contributed by atoms with Gasteiger partial charge in [-0.3, -0.25) is 19.2 Å². The van der Waals surface area contributed by atoms with Crippen molar-refractivity contribution in [2.24, 2.45) is 5.73 Å². The van der Waals surface area contributed by atoms with E-state index in [0.29, 0.717) is 6.41 Å². The van der Waals surface area contributed by atoms with Gasteiger partial charge in [0, 0.05) is 5.75 Å². The summed E-state index contributed by atoms with van der Waals surface area (Å²) in [5, 5.41) is 6.65. The highest BCUT2D eigenvalue weighted by atomic mass is 32.1. The van der Waals surface area contributed by atoms with Gasteiger partial charge >= 0.3 is 0 Å². The fraction of sp³-hybridized carbons (Fsp3) is 0.500. The Labute approximate surface area is 103 Å². The zero-order chi connectivity index (χ0) is 13.3. The molecule has 4 amide bonds. The Morgan fingerprint density at radius 1 is 1.24 bits per heavy atom. The number of rotatable bonds is 8. The van der Waals surface area contributed by atoms with E-state index < -0.39 is 23.8 Å². The van der Waals surface area contributed by atoms with Crippen molar-refractivity contribution in [2.75, 3.05) is 18.8 Å². The van der Waals surface area contributed by atoms with Crippen LogP contribution in [-0.2, 0) is 19.2 Å². The maximum Gasteiger partial charge on any atom is 0.240 e. The monoisotopic (exact) mass is 262 g/mol. The summed E-state index contributed by atoms with van der Waals surface area (Å²) in [6.45, 7) is -0.528. The number of carbonyl (C=O) groups is 4. The van der Waals surface area contributed by atoms with Crippen LogP contribution < -0.4 is 21.7 Å². The Morgan fingerprint density at radius 2 is 1.88 bits per heavy atom. The molecule has 0 heterocycles. The van der Waals surface area contributed by atoms with E-state index in [1.165, 1.54) is 0 Å². The first-order valence-electron chi connectivity index (χ1n) is 4.64. The van der Waals surface area contributed by atoms with E-state index in [0.717, 1.165) is 0 Å². The molecule has 0 aromatic heterocycles. The summed E-state index contributed by atoms with van der Waals surface area (Å²) in [7, 11) is 0. The molecule has 0 aliphatic rings. The van der Waals surface area contributed by atoms with Gasteiger partial charge in [-0.2, -0.15) is 12.6 Å². The van der Waals surface area contributed by atoms with E-state index in [4.69, 9.17) is 5.73 Å². The van der Waals surface area contributed by atoms with Crippen molar-refractivity contribution < 1.29 is 19.2 Å². The molecule has 8 nitrogen and oxygen atoms in total. The second kappa shape index (κ2) is 8.39. The lowest BCUT2D eigenvalue weighted by Gasteiger charge is -2.12. The molecule has 0 radical (unpaired) electrons. The van der Waals surface area contributed by atoms with Crippen LogP contribution in [0.15, 0.2) is 0 Å². The number of thiol groups is 1. The van der Waals surface area contributed by atoms with Gasteiger partial charge < -0.3 is 21.7 Å². The van der Waals surface area contributed by atoms with Crippen LogP contribution in [0, 0.1) is 0 Å². The lowest BCUT2D eigenvalue weighted by Crippen LogP contribution is -2.49. The molecule has 17 heavy (non-hydrogen) atoms.